The molecule has 0 radical (unpaired) electrons. The van der Waals surface area contributed by atoms with Crippen LogP contribution in [-0.2, 0) is 4.79 Å². The molecule has 2 aromatic carbocycles. The van der Waals surface area contributed by atoms with Crippen molar-refractivity contribution in [3.63, 3.8) is 0 Å². The molecule has 7 nitrogen and oxygen atoms in total. The number of fused-ring (bicyclic) bond motifs is 1. The number of piperazine rings is 1. The van der Waals surface area contributed by atoms with Crippen molar-refractivity contribution >= 4 is 23.6 Å². The summed E-state index contributed by atoms with van der Waals surface area (Å²) in [5.41, 5.74) is 2.24. The van der Waals surface area contributed by atoms with Crippen LogP contribution in [-0.4, -0.2) is 70.5 Å². The number of imide groups is 1. The minimum atomic E-state index is -0.893. The molecule has 1 fully saturated rings. The van der Waals surface area contributed by atoms with Gasteiger partial charge in [-0.2, -0.15) is 0 Å². The number of carbonyl (C=O) groups excluding carboxylic acids is 4. The van der Waals surface area contributed by atoms with E-state index in [1.807, 2.05) is 25.1 Å². The Labute approximate surface area is 174 Å². The molecule has 0 aromatic heterocycles. The van der Waals surface area contributed by atoms with Gasteiger partial charge in [-0.1, -0.05) is 30.3 Å². The first-order valence-corrected chi connectivity index (χ1v) is 10.0. The fourth-order valence-corrected chi connectivity index (χ4v) is 4.05. The molecular formula is C23H23N3O4. The number of aryl methyl sites for hydroxylation is 1. The molecule has 2 heterocycles. The van der Waals surface area contributed by atoms with E-state index in [9.17, 15) is 19.2 Å². The summed E-state index contributed by atoms with van der Waals surface area (Å²) in [6, 6.07) is 13.1. The zero-order chi connectivity index (χ0) is 21.4. The SMILES string of the molecule is Cc1ccccc1C(=O)N1CCN(C(=O)C(C)N2C(=O)c3ccccc3C2=O)CC1. The Bertz CT molecular complexity index is 1010. The van der Waals surface area contributed by atoms with E-state index in [1.165, 1.54) is 0 Å². The van der Waals surface area contributed by atoms with Crippen LogP contribution in [0.2, 0.25) is 0 Å². The third-order valence-corrected chi connectivity index (χ3v) is 5.82. The van der Waals surface area contributed by atoms with Gasteiger partial charge in [-0.15, -0.1) is 0 Å². The molecule has 0 bridgehead atoms. The summed E-state index contributed by atoms with van der Waals surface area (Å²) in [4.78, 5) is 55.5. The van der Waals surface area contributed by atoms with Gasteiger partial charge in [0, 0.05) is 31.7 Å². The van der Waals surface area contributed by atoms with Crippen LogP contribution in [0.4, 0.5) is 0 Å². The lowest BCUT2D eigenvalue weighted by molar-refractivity contribution is -0.136. The van der Waals surface area contributed by atoms with Gasteiger partial charge >= 0.3 is 0 Å². The maximum Gasteiger partial charge on any atom is 0.262 e. The summed E-state index contributed by atoms with van der Waals surface area (Å²) < 4.78 is 0. The molecule has 0 N–H and O–H groups in total. The minimum absolute atomic E-state index is 0.0476. The molecule has 2 aromatic rings. The molecule has 7 heteroatoms. The first-order valence-electron chi connectivity index (χ1n) is 10.0. The zero-order valence-electron chi connectivity index (χ0n) is 17.0. The van der Waals surface area contributed by atoms with Gasteiger partial charge in [-0.05, 0) is 37.6 Å². The average molecular weight is 405 g/mol. The highest BCUT2D eigenvalue weighted by Gasteiger charge is 2.42. The van der Waals surface area contributed by atoms with Crippen molar-refractivity contribution < 1.29 is 19.2 Å². The van der Waals surface area contributed by atoms with Crippen molar-refractivity contribution in [2.45, 2.75) is 19.9 Å². The van der Waals surface area contributed by atoms with Gasteiger partial charge in [0.1, 0.15) is 6.04 Å². The number of nitrogens with zero attached hydrogens (tertiary/aromatic N) is 3. The lowest BCUT2D eigenvalue weighted by atomic mass is 10.1. The van der Waals surface area contributed by atoms with E-state index in [0.717, 1.165) is 10.5 Å². The highest BCUT2D eigenvalue weighted by molar-refractivity contribution is 6.22. The predicted molar refractivity (Wildman–Crippen MR) is 110 cm³/mol. The quantitative estimate of drug-likeness (QED) is 0.732. The molecule has 154 valence electrons. The van der Waals surface area contributed by atoms with Crippen LogP contribution in [0, 0.1) is 6.92 Å². The van der Waals surface area contributed by atoms with Gasteiger partial charge < -0.3 is 9.80 Å². The number of benzene rings is 2. The fraction of sp³-hybridized carbons (Fsp3) is 0.304. The van der Waals surface area contributed by atoms with Crippen LogP contribution in [0.1, 0.15) is 43.6 Å². The number of hydrogen-bond donors (Lipinski definition) is 0. The molecule has 2 aliphatic rings. The van der Waals surface area contributed by atoms with Crippen molar-refractivity contribution in [1.29, 1.82) is 0 Å². The Morgan fingerprint density at radius 3 is 1.87 bits per heavy atom. The average Bonchev–Trinajstić information content (AvgIpc) is 3.03. The van der Waals surface area contributed by atoms with E-state index < -0.39 is 17.9 Å². The predicted octanol–water partition coefficient (Wildman–Crippen LogP) is 1.96. The molecule has 1 saturated heterocycles. The smallest absolute Gasteiger partial charge is 0.262 e. The lowest BCUT2D eigenvalue weighted by Crippen LogP contribution is -2.56. The molecule has 2 aliphatic heterocycles. The number of amides is 4. The van der Waals surface area contributed by atoms with E-state index in [4.69, 9.17) is 0 Å². The largest absolute Gasteiger partial charge is 0.337 e. The van der Waals surface area contributed by atoms with E-state index in [2.05, 4.69) is 0 Å². The van der Waals surface area contributed by atoms with Crippen molar-refractivity contribution in [1.82, 2.24) is 14.7 Å². The molecule has 1 atom stereocenters. The first-order chi connectivity index (χ1) is 14.4. The molecule has 0 spiro atoms. The van der Waals surface area contributed by atoms with Crippen molar-refractivity contribution in [2.24, 2.45) is 0 Å². The van der Waals surface area contributed by atoms with Crippen molar-refractivity contribution in [3.05, 3.63) is 70.8 Å². The molecular weight excluding hydrogens is 382 g/mol. The second-order valence-electron chi connectivity index (χ2n) is 7.63. The molecule has 1 unspecified atom stereocenters. The van der Waals surface area contributed by atoms with Gasteiger partial charge in [0.05, 0.1) is 11.1 Å². The van der Waals surface area contributed by atoms with Crippen LogP contribution in [0.25, 0.3) is 0 Å². The Balaban J connectivity index is 1.41. The van der Waals surface area contributed by atoms with Crippen LogP contribution < -0.4 is 0 Å². The Morgan fingerprint density at radius 1 is 0.800 bits per heavy atom. The third-order valence-electron chi connectivity index (χ3n) is 5.82. The molecule has 4 amide bonds. The standard InChI is InChI=1S/C23H23N3O4/c1-15-7-3-4-8-17(15)21(28)25-13-11-24(12-14-25)20(27)16(2)26-22(29)18-9-5-6-10-19(18)23(26)30/h3-10,16H,11-14H2,1-2H3. The van der Waals surface area contributed by atoms with Crippen LogP contribution in [0.3, 0.4) is 0 Å². The van der Waals surface area contributed by atoms with E-state index in [1.54, 1.807) is 47.1 Å². The highest BCUT2D eigenvalue weighted by Crippen LogP contribution is 2.25. The second-order valence-corrected chi connectivity index (χ2v) is 7.63. The van der Waals surface area contributed by atoms with Gasteiger partial charge in [0.25, 0.3) is 17.7 Å². The van der Waals surface area contributed by atoms with Crippen LogP contribution in [0.15, 0.2) is 48.5 Å². The second kappa shape index (κ2) is 7.74. The minimum Gasteiger partial charge on any atom is -0.337 e. The van der Waals surface area contributed by atoms with Gasteiger partial charge in [0.15, 0.2) is 0 Å². The number of carbonyl (C=O) groups is 4. The summed E-state index contributed by atoms with van der Waals surface area (Å²) >= 11 is 0. The van der Waals surface area contributed by atoms with E-state index in [0.29, 0.717) is 42.9 Å². The zero-order valence-corrected chi connectivity index (χ0v) is 17.0. The molecule has 4 rings (SSSR count). The summed E-state index contributed by atoms with van der Waals surface area (Å²) in [6.07, 6.45) is 0. The van der Waals surface area contributed by atoms with Crippen molar-refractivity contribution in [2.75, 3.05) is 26.2 Å². The Morgan fingerprint density at radius 2 is 1.30 bits per heavy atom. The fourth-order valence-electron chi connectivity index (χ4n) is 4.05. The first kappa shape index (κ1) is 19.8. The Kier molecular flexibility index (Phi) is 5.11. The van der Waals surface area contributed by atoms with E-state index in [-0.39, 0.29) is 11.8 Å². The summed E-state index contributed by atoms with van der Waals surface area (Å²) in [5.74, 6) is -1.21. The van der Waals surface area contributed by atoms with Crippen molar-refractivity contribution in [3.8, 4) is 0 Å². The van der Waals surface area contributed by atoms with Gasteiger partial charge in [0.2, 0.25) is 5.91 Å². The highest BCUT2D eigenvalue weighted by atomic mass is 16.2. The molecule has 0 saturated carbocycles. The Hall–Kier alpha value is -3.48. The van der Waals surface area contributed by atoms with Crippen LogP contribution in [0.5, 0.6) is 0 Å². The maximum absolute atomic E-state index is 13.0. The van der Waals surface area contributed by atoms with Crippen LogP contribution >= 0.6 is 0 Å². The normalized spacial score (nSPS) is 17.2. The summed E-state index contributed by atoms with van der Waals surface area (Å²) in [5, 5.41) is 0. The summed E-state index contributed by atoms with van der Waals surface area (Å²) in [7, 11) is 0. The topological polar surface area (TPSA) is 78.0 Å². The summed E-state index contributed by atoms with van der Waals surface area (Å²) in [6.45, 7) is 5.03. The van der Waals surface area contributed by atoms with E-state index >= 15 is 0 Å². The van der Waals surface area contributed by atoms with Gasteiger partial charge in [-0.25, -0.2) is 0 Å². The molecule has 0 aliphatic carbocycles. The van der Waals surface area contributed by atoms with Gasteiger partial charge in [-0.3, -0.25) is 24.1 Å². The monoisotopic (exact) mass is 405 g/mol. The number of hydrogen-bond acceptors (Lipinski definition) is 4. The lowest BCUT2D eigenvalue weighted by Gasteiger charge is -2.37. The maximum atomic E-state index is 13.0. The molecule has 30 heavy (non-hydrogen) atoms. The number of rotatable bonds is 3. The third kappa shape index (κ3) is 3.26.